The van der Waals surface area contributed by atoms with Gasteiger partial charge in [-0.25, -0.2) is 9.50 Å². The van der Waals surface area contributed by atoms with Gasteiger partial charge in [-0.05, 0) is 54.9 Å². The lowest BCUT2D eigenvalue weighted by atomic mass is 9.84. The first-order valence-corrected chi connectivity index (χ1v) is 10.3. The summed E-state index contributed by atoms with van der Waals surface area (Å²) in [7, 11) is 0. The second kappa shape index (κ2) is 7.33. The number of nitrogens with zero attached hydrogens (tertiary/aromatic N) is 3. The normalized spacial score (nSPS) is 21.9. The maximum atomic E-state index is 13.2. The number of amides is 1. The molecule has 3 aromatic rings. The summed E-state index contributed by atoms with van der Waals surface area (Å²) in [6.45, 7) is 0.725. The number of hydrogen-bond donors (Lipinski definition) is 1. The summed E-state index contributed by atoms with van der Waals surface area (Å²) in [6.07, 6.45) is 4.24. The van der Waals surface area contributed by atoms with Crippen LogP contribution >= 0.6 is 0 Å². The van der Waals surface area contributed by atoms with Crippen molar-refractivity contribution in [2.45, 2.75) is 43.3 Å². The number of nitrogens with one attached hydrogen (secondary N) is 1. The lowest BCUT2D eigenvalue weighted by molar-refractivity contribution is -0.137. The highest BCUT2D eigenvalue weighted by Crippen LogP contribution is 2.39. The number of alkyl halides is 3. The Balaban J connectivity index is 1.44. The van der Waals surface area contributed by atoms with E-state index in [1.54, 1.807) is 10.7 Å². The topological polar surface area (TPSA) is 68.5 Å². The summed E-state index contributed by atoms with van der Waals surface area (Å²) in [5.74, 6) is 0.132. The van der Waals surface area contributed by atoms with Crippen LogP contribution in [0.3, 0.4) is 0 Å². The van der Waals surface area contributed by atoms with Gasteiger partial charge in [-0.2, -0.15) is 18.3 Å². The predicted molar refractivity (Wildman–Crippen MR) is 106 cm³/mol. The van der Waals surface area contributed by atoms with Crippen LogP contribution in [-0.4, -0.2) is 33.7 Å². The Kier molecular flexibility index (Phi) is 4.73. The zero-order valence-electron chi connectivity index (χ0n) is 16.7. The Morgan fingerprint density at radius 1 is 1.19 bits per heavy atom. The molecule has 2 fully saturated rings. The van der Waals surface area contributed by atoms with Crippen molar-refractivity contribution in [1.82, 2.24) is 19.9 Å². The minimum Gasteiger partial charge on any atom is -0.379 e. The van der Waals surface area contributed by atoms with Crippen molar-refractivity contribution >= 4 is 11.6 Å². The van der Waals surface area contributed by atoms with Crippen LogP contribution in [0.5, 0.6) is 0 Å². The second-order valence-electron chi connectivity index (χ2n) is 8.26. The van der Waals surface area contributed by atoms with E-state index < -0.39 is 17.3 Å². The van der Waals surface area contributed by atoms with Crippen molar-refractivity contribution in [3.8, 4) is 0 Å². The van der Waals surface area contributed by atoms with Gasteiger partial charge >= 0.3 is 6.18 Å². The number of benzene rings is 1. The molecule has 1 amide bonds. The molecule has 2 aliphatic rings. The summed E-state index contributed by atoms with van der Waals surface area (Å²) in [6, 6.07) is 4.89. The molecule has 0 bridgehead atoms. The quantitative estimate of drug-likeness (QED) is 0.678. The zero-order chi connectivity index (χ0) is 21.6. The summed E-state index contributed by atoms with van der Waals surface area (Å²) in [5.41, 5.74) is 0.799. The molecule has 1 aliphatic carbocycles. The molecule has 162 valence electrons. The maximum absolute atomic E-state index is 13.2. The Bertz CT molecular complexity index is 1110. The first kappa shape index (κ1) is 20.0. The number of hydrogen-bond acceptors (Lipinski definition) is 4. The summed E-state index contributed by atoms with van der Waals surface area (Å²) in [4.78, 5) is 17.6. The average Bonchev–Trinajstić information content (AvgIpc) is 3.52. The largest absolute Gasteiger partial charge is 0.416 e. The molecule has 2 aromatic heterocycles. The Morgan fingerprint density at radius 2 is 1.97 bits per heavy atom. The van der Waals surface area contributed by atoms with Crippen molar-refractivity contribution in [3.63, 3.8) is 0 Å². The molecule has 0 radical (unpaired) electrons. The molecule has 1 atom stereocenters. The molecule has 6 nitrogen and oxygen atoms in total. The van der Waals surface area contributed by atoms with Gasteiger partial charge in [0.2, 0.25) is 0 Å². The molecule has 3 heterocycles. The third-order valence-electron chi connectivity index (χ3n) is 6.03. The molecule has 1 saturated heterocycles. The number of carbonyl (C=O) groups is 1. The van der Waals surface area contributed by atoms with Crippen molar-refractivity contribution in [2.75, 3.05) is 13.2 Å². The van der Waals surface area contributed by atoms with Gasteiger partial charge in [0.25, 0.3) is 5.91 Å². The number of carbonyl (C=O) groups excluding carboxylic acids is 1. The van der Waals surface area contributed by atoms with Crippen molar-refractivity contribution < 1.29 is 22.7 Å². The summed E-state index contributed by atoms with van der Waals surface area (Å²) < 4.78 is 46.1. The first-order valence-electron chi connectivity index (χ1n) is 10.3. The van der Waals surface area contributed by atoms with Crippen LogP contribution in [0.1, 0.15) is 58.6 Å². The van der Waals surface area contributed by atoms with Crippen LogP contribution in [0.25, 0.3) is 5.65 Å². The van der Waals surface area contributed by atoms with E-state index in [2.05, 4.69) is 15.4 Å². The van der Waals surface area contributed by atoms with Crippen molar-refractivity contribution in [3.05, 3.63) is 65.1 Å². The summed E-state index contributed by atoms with van der Waals surface area (Å²) in [5, 5.41) is 7.29. The van der Waals surface area contributed by atoms with Crippen LogP contribution in [0, 0.1) is 0 Å². The van der Waals surface area contributed by atoms with Crippen LogP contribution < -0.4 is 5.32 Å². The lowest BCUT2D eigenvalue weighted by Gasteiger charge is -2.38. The smallest absolute Gasteiger partial charge is 0.379 e. The number of rotatable bonds is 4. The number of halogens is 3. The molecule has 1 aliphatic heterocycles. The van der Waals surface area contributed by atoms with Crippen LogP contribution in [0.15, 0.2) is 42.9 Å². The van der Waals surface area contributed by atoms with Gasteiger partial charge in [-0.15, -0.1) is 0 Å². The highest BCUT2D eigenvalue weighted by atomic mass is 19.4. The van der Waals surface area contributed by atoms with E-state index in [1.807, 2.05) is 6.20 Å². The fraction of sp³-hybridized carbons (Fsp3) is 0.409. The SMILES string of the molecule is O=C(NC1(c2ccc(C(F)(F)F)cc2)CCCOC1)c1cnn2cc(C3CC3)cnc12. The number of aromatic nitrogens is 3. The van der Waals surface area contributed by atoms with E-state index in [0.29, 0.717) is 42.1 Å². The van der Waals surface area contributed by atoms with E-state index in [9.17, 15) is 18.0 Å². The van der Waals surface area contributed by atoms with Gasteiger partial charge in [-0.3, -0.25) is 4.79 Å². The van der Waals surface area contributed by atoms with E-state index in [0.717, 1.165) is 30.5 Å². The molecule has 1 aromatic carbocycles. The molecular formula is C22H21F3N4O2. The van der Waals surface area contributed by atoms with Crippen molar-refractivity contribution in [2.24, 2.45) is 0 Å². The summed E-state index contributed by atoms with van der Waals surface area (Å²) >= 11 is 0. The van der Waals surface area contributed by atoms with Gasteiger partial charge in [0.15, 0.2) is 5.65 Å². The molecule has 1 saturated carbocycles. The third kappa shape index (κ3) is 3.78. The van der Waals surface area contributed by atoms with Gasteiger partial charge in [0.05, 0.1) is 23.9 Å². The minimum absolute atomic E-state index is 0.183. The monoisotopic (exact) mass is 430 g/mol. The van der Waals surface area contributed by atoms with E-state index in [4.69, 9.17) is 4.74 Å². The molecular weight excluding hydrogens is 409 g/mol. The molecule has 9 heteroatoms. The minimum atomic E-state index is -4.42. The highest BCUT2D eigenvalue weighted by molar-refractivity contribution is 6.00. The third-order valence-corrected chi connectivity index (χ3v) is 6.03. The Labute approximate surface area is 176 Å². The fourth-order valence-electron chi connectivity index (χ4n) is 4.13. The average molecular weight is 430 g/mol. The zero-order valence-corrected chi connectivity index (χ0v) is 16.7. The predicted octanol–water partition coefficient (Wildman–Crippen LogP) is 4.06. The Morgan fingerprint density at radius 3 is 2.61 bits per heavy atom. The molecule has 0 spiro atoms. The molecule has 31 heavy (non-hydrogen) atoms. The number of fused-ring (bicyclic) bond motifs is 1. The standard InChI is InChI=1S/C22H21F3N4O2/c23-22(24,25)17-6-4-16(5-7-17)21(8-1-9-31-13-21)28-20(30)18-11-27-29-12-15(14-2-3-14)10-26-19(18)29/h4-7,10-12,14H,1-3,8-9,13H2,(H,28,30). The van der Waals surface area contributed by atoms with E-state index >= 15 is 0 Å². The molecule has 1 unspecified atom stereocenters. The highest BCUT2D eigenvalue weighted by Gasteiger charge is 2.38. The van der Waals surface area contributed by atoms with Crippen molar-refractivity contribution in [1.29, 1.82) is 0 Å². The molecule has 1 N–H and O–H groups in total. The van der Waals surface area contributed by atoms with Gasteiger partial charge < -0.3 is 10.1 Å². The van der Waals surface area contributed by atoms with E-state index in [-0.39, 0.29) is 12.5 Å². The second-order valence-corrected chi connectivity index (χ2v) is 8.26. The van der Waals surface area contributed by atoms with Crippen LogP contribution in [0.4, 0.5) is 13.2 Å². The van der Waals surface area contributed by atoms with Gasteiger partial charge in [0, 0.05) is 19.0 Å². The lowest BCUT2D eigenvalue weighted by Crippen LogP contribution is -2.51. The van der Waals surface area contributed by atoms with Gasteiger partial charge in [0.1, 0.15) is 5.56 Å². The maximum Gasteiger partial charge on any atom is 0.416 e. The van der Waals surface area contributed by atoms with E-state index in [1.165, 1.54) is 18.3 Å². The van der Waals surface area contributed by atoms with Gasteiger partial charge in [-0.1, -0.05) is 12.1 Å². The van der Waals surface area contributed by atoms with Crippen LogP contribution in [0.2, 0.25) is 0 Å². The number of ether oxygens (including phenoxy) is 1. The van der Waals surface area contributed by atoms with Crippen LogP contribution in [-0.2, 0) is 16.5 Å². The molecule has 5 rings (SSSR count). The first-order chi connectivity index (χ1) is 14.9. The fourth-order valence-corrected chi connectivity index (χ4v) is 4.13. The Hall–Kier alpha value is -2.94.